The van der Waals surface area contributed by atoms with Crippen LogP contribution in [0.5, 0.6) is 17.2 Å². The summed E-state index contributed by atoms with van der Waals surface area (Å²) in [5.74, 6) is -1.10. The average Bonchev–Trinajstić information content (AvgIpc) is 2.91. The van der Waals surface area contributed by atoms with E-state index in [-0.39, 0.29) is 23.2 Å². The molecule has 4 aromatic rings. The molecule has 0 fully saturated rings. The molecule has 3 aromatic carbocycles. The summed E-state index contributed by atoms with van der Waals surface area (Å²) < 4.78 is 43.2. The van der Waals surface area contributed by atoms with E-state index in [9.17, 15) is 18.4 Å². The normalized spacial score (nSPS) is 14.1. The first-order valence-corrected chi connectivity index (χ1v) is 12.0. The maximum absolute atomic E-state index is 13.6. The number of amides is 1. The Morgan fingerprint density at radius 2 is 1.82 bits per heavy atom. The maximum atomic E-state index is 13.6. The Hall–Kier alpha value is -4.70. The molecule has 0 saturated carbocycles. The van der Waals surface area contributed by atoms with Crippen molar-refractivity contribution < 1.29 is 37.7 Å². The van der Waals surface area contributed by atoms with Gasteiger partial charge in [-0.15, -0.1) is 0 Å². The molecular formula is C28H19ClF2N2O6. The monoisotopic (exact) mass is 552 g/mol. The minimum absolute atomic E-state index is 0.229. The zero-order valence-corrected chi connectivity index (χ0v) is 20.7. The van der Waals surface area contributed by atoms with Crippen molar-refractivity contribution in [1.82, 2.24) is 4.98 Å². The maximum Gasteiger partial charge on any atom is 0.506 e. The Morgan fingerprint density at radius 3 is 2.56 bits per heavy atom. The van der Waals surface area contributed by atoms with Crippen LogP contribution in [0.15, 0.2) is 72.8 Å². The highest BCUT2D eigenvalue weighted by atomic mass is 35.5. The van der Waals surface area contributed by atoms with Crippen molar-refractivity contribution in [3.63, 3.8) is 0 Å². The molecule has 0 spiro atoms. The molecule has 2 N–H and O–H groups in total. The lowest BCUT2D eigenvalue weighted by Crippen LogP contribution is -2.18. The number of nitrogens with one attached hydrogen (secondary N) is 1. The average molecular weight is 553 g/mol. The fourth-order valence-corrected chi connectivity index (χ4v) is 4.20. The number of pyridine rings is 1. The van der Waals surface area contributed by atoms with Crippen LogP contribution in [0.3, 0.4) is 0 Å². The second-order valence-corrected chi connectivity index (χ2v) is 8.85. The van der Waals surface area contributed by atoms with E-state index in [0.717, 1.165) is 12.1 Å². The second kappa shape index (κ2) is 11.0. The number of carbonyl (C=O) groups is 2. The number of carbonyl (C=O) groups excluding carboxylic acids is 1. The fourth-order valence-electron chi connectivity index (χ4n) is 3.99. The van der Waals surface area contributed by atoms with Crippen molar-refractivity contribution in [3.05, 3.63) is 101 Å². The summed E-state index contributed by atoms with van der Waals surface area (Å²) in [5.41, 5.74) is 1.55. The molecular weight excluding hydrogens is 534 g/mol. The molecule has 0 radical (unpaired) electrons. The fraction of sp³-hybridized carbons (Fsp3) is 0.107. The van der Waals surface area contributed by atoms with E-state index in [1.165, 1.54) is 6.07 Å². The van der Waals surface area contributed by atoms with Crippen molar-refractivity contribution in [2.75, 3.05) is 11.9 Å². The van der Waals surface area contributed by atoms with Gasteiger partial charge in [-0.05, 0) is 60.7 Å². The van der Waals surface area contributed by atoms with Gasteiger partial charge in [-0.3, -0.25) is 4.79 Å². The number of fused-ring (bicyclic) bond motifs is 1. The van der Waals surface area contributed by atoms with Crippen molar-refractivity contribution in [1.29, 1.82) is 0 Å². The number of nitrogens with zero attached hydrogens (tertiary/aromatic N) is 1. The third kappa shape index (κ3) is 5.91. The standard InChI is InChI=1S/C28H19ClF2N2O6/c29-19-13-18-23(39-28(35)36)10-11-37-24(18)14-25(19)38-17-7-4-15(5-8-17)27(34)33-26-3-1-2-22(32-26)16-6-9-20(30)21(31)12-16/h1-9,12-14,23H,10-11H2,(H,35,36)(H,32,33,34). The highest BCUT2D eigenvalue weighted by Crippen LogP contribution is 2.42. The summed E-state index contributed by atoms with van der Waals surface area (Å²) in [6, 6.07) is 17.6. The van der Waals surface area contributed by atoms with Crippen LogP contribution in [0.4, 0.5) is 19.4 Å². The summed E-state index contributed by atoms with van der Waals surface area (Å²) in [5, 5.41) is 11.9. The predicted molar refractivity (Wildman–Crippen MR) is 137 cm³/mol. The minimum atomic E-state index is -1.39. The third-order valence-electron chi connectivity index (χ3n) is 5.84. The van der Waals surface area contributed by atoms with Crippen molar-refractivity contribution in [2.24, 2.45) is 0 Å². The summed E-state index contributed by atoms with van der Waals surface area (Å²) in [6.45, 7) is 0.272. The predicted octanol–water partition coefficient (Wildman–Crippen LogP) is 7.24. The van der Waals surface area contributed by atoms with Gasteiger partial charge in [0.05, 0.1) is 17.3 Å². The van der Waals surface area contributed by atoms with Gasteiger partial charge in [0.25, 0.3) is 5.91 Å². The summed E-state index contributed by atoms with van der Waals surface area (Å²) in [4.78, 5) is 28.0. The van der Waals surface area contributed by atoms with Crippen LogP contribution in [0.25, 0.3) is 11.3 Å². The van der Waals surface area contributed by atoms with Gasteiger partial charge in [0, 0.05) is 29.2 Å². The van der Waals surface area contributed by atoms with Crippen LogP contribution < -0.4 is 14.8 Å². The van der Waals surface area contributed by atoms with Gasteiger partial charge in [0.2, 0.25) is 0 Å². The molecule has 39 heavy (non-hydrogen) atoms. The molecule has 0 bridgehead atoms. The van der Waals surface area contributed by atoms with Gasteiger partial charge in [-0.25, -0.2) is 18.6 Å². The van der Waals surface area contributed by atoms with Crippen LogP contribution in [-0.2, 0) is 4.74 Å². The Morgan fingerprint density at radius 1 is 1.03 bits per heavy atom. The molecule has 1 amide bonds. The highest BCUT2D eigenvalue weighted by Gasteiger charge is 2.27. The third-order valence-corrected chi connectivity index (χ3v) is 6.14. The Bertz CT molecular complexity index is 1560. The van der Waals surface area contributed by atoms with E-state index in [1.807, 2.05) is 0 Å². The number of hydrogen-bond donors (Lipinski definition) is 2. The van der Waals surface area contributed by atoms with Gasteiger partial charge in [0.15, 0.2) is 11.6 Å². The first-order valence-electron chi connectivity index (χ1n) is 11.6. The summed E-state index contributed by atoms with van der Waals surface area (Å²) in [7, 11) is 0. The van der Waals surface area contributed by atoms with Gasteiger partial charge in [-0.1, -0.05) is 17.7 Å². The topological polar surface area (TPSA) is 107 Å². The second-order valence-electron chi connectivity index (χ2n) is 8.45. The molecule has 8 nitrogen and oxygen atoms in total. The lowest BCUT2D eigenvalue weighted by molar-refractivity contribution is 0.0326. The first kappa shape index (κ1) is 25.9. The number of rotatable bonds is 6. The number of anilines is 1. The Kier molecular flexibility index (Phi) is 7.29. The zero-order chi connectivity index (χ0) is 27.5. The van der Waals surface area contributed by atoms with Crippen LogP contribution in [0, 0.1) is 11.6 Å². The van der Waals surface area contributed by atoms with Gasteiger partial charge in [0.1, 0.15) is 29.2 Å². The molecule has 5 rings (SSSR count). The van der Waals surface area contributed by atoms with E-state index in [2.05, 4.69) is 10.3 Å². The SMILES string of the molecule is O=C(O)OC1CCOc2cc(Oc3ccc(C(=O)Nc4cccc(-c5ccc(F)c(F)c5)n4)cc3)c(Cl)cc21. The van der Waals surface area contributed by atoms with E-state index in [4.69, 9.17) is 30.9 Å². The van der Waals surface area contributed by atoms with Crippen molar-refractivity contribution >= 4 is 29.5 Å². The van der Waals surface area contributed by atoms with Crippen LogP contribution in [0.2, 0.25) is 5.02 Å². The van der Waals surface area contributed by atoms with Crippen LogP contribution >= 0.6 is 11.6 Å². The van der Waals surface area contributed by atoms with Gasteiger partial charge >= 0.3 is 6.16 Å². The number of ether oxygens (including phenoxy) is 3. The molecule has 1 atom stereocenters. The quantitative estimate of drug-likeness (QED) is 0.243. The van der Waals surface area contributed by atoms with Crippen LogP contribution in [0.1, 0.15) is 28.4 Å². The lowest BCUT2D eigenvalue weighted by Gasteiger charge is -2.25. The van der Waals surface area contributed by atoms with Crippen molar-refractivity contribution in [2.45, 2.75) is 12.5 Å². The number of aromatic nitrogens is 1. The van der Waals surface area contributed by atoms with Gasteiger partial charge in [-0.2, -0.15) is 0 Å². The molecule has 1 unspecified atom stereocenters. The minimum Gasteiger partial charge on any atom is -0.493 e. The van der Waals surface area contributed by atoms with E-state index >= 15 is 0 Å². The van der Waals surface area contributed by atoms with Crippen LogP contribution in [-0.4, -0.2) is 28.8 Å². The number of carboxylic acid groups (broad SMARTS) is 1. The van der Waals surface area contributed by atoms with E-state index < -0.39 is 29.8 Å². The zero-order valence-electron chi connectivity index (χ0n) is 20.0. The lowest BCUT2D eigenvalue weighted by atomic mass is 10.0. The molecule has 1 aliphatic heterocycles. The van der Waals surface area contributed by atoms with E-state index in [1.54, 1.807) is 54.6 Å². The summed E-state index contributed by atoms with van der Waals surface area (Å²) >= 11 is 6.36. The molecule has 11 heteroatoms. The first-order chi connectivity index (χ1) is 18.8. The van der Waals surface area contributed by atoms with Crippen molar-refractivity contribution in [3.8, 4) is 28.5 Å². The smallest absolute Gasteiger partial charge is 0.493 e. The summed E-state index contributed by atoms with van der Waals surface area (Å²) in [6.07, 6.45) is -1.72. The molecule has 1 aromatic heterocycles. The molecule has 0 aliphatic carbocycles. The number of hydrogen-bond acceptors (Lipinski definition) is 6. The number of halogens is 3. The Balaban J connectivity index is 1.27. The highest BCUT2D eigenvalue weighted by molar-refractivity contribution is 6.32. The largest absolute Gasteiger partial charge is 0.506 e. The van der Waals surface area contributed by atoms with Gasteiger partial charge < -0.3 is 24.6 Å². The number of benzene rings is 3. The molecule has 1 aliphatic rings. The van der Waals surface area contributed by atoms with E-state index in [0.29, 0.717) is 40.3 Å². The molecule has 2 heterocycles. The molecule has 198 valence electrons. The Labute approximate surface area is 225 Å². The molecule has 0 saturated heterocycles.